The molecule has 0 radical (unpaired) electrons. The molecule has 1 aliphatic heterocycles. The van der Waals surface area contributed by atoms with Gasteiger partial charge >= 0.3 is 0 Å². The van der Waals surface area contributed by atoms with E-state index in [2.05, 4.69) is 43.6 Å². The van der Waals surface area contributed by atoms with Gasteiger partial charge in [-0.3, -0.25) is 0 Å². The van der Waals surface area contributed by atoms with Crippen LogP contribution in [0.3, 0.4) is 0 Å². The molecule has 92 valence electrons. The summed E-state index contributed by atoms with van der Waals surface area (Å²) in [5.74, 6) is 0. The fourth-order valence-corrected chi connectivity index (χ4v) is 3.34. The van der Waals surface area contributed by atoms with Crippen LogP contribution in [0.5, 0.6) is 0 Å². The predicted octanol–water partition coefficient (Wildman–Crippen LogP) is 2.26. The van der Waals surface area contributed by atoms with Gasteiger partial charge in [0.25, 0.3) is 0 Å². The Bertz CT molecular complexity index is 419. The molecule has 0 unspecified atom stereocenters. The molecule has 2 nitrogen and oxygen atoms in total. The van der Waals surface area contributed by atoms with Gasteiger partial charge in [-0.15, -0.1) is 0 Å². The molecule has 1 aliphatic carbocycles. The van der Waals surface area contributed by atoms with Crippen LogP contribution in [0.1, 0.15) is 24.0 Å². The van der Waals surface area contributed by atoms with E-state index in [4.69, 9.17) is 4.74 Å². The molecule has 1 heterocycles. The Hall–Kier alpha value is -0.860. The smallest absolute Gasteiger partial charge is 0.0591 e. The van der Waals surface area contributed by atoms with Crippen LogP contribution in [0.2, 0.25) is 0 Å². The Balaban J connectivity index is 1.97. The number of benzene rings is 1. The first-order valence-electron chi connectivity index (χ1n) is 6.52. The number of rotatable bonds is 4. The molecule has 3 rings (SSSR count). The molecule has 0 amide bonds. The monoisotopic (exact) mass is 231 g/mol. The molecule has 0 aromatic heterocycles. The van der Waals surface area contributed by atoms with Gasteiger partial charge in [-0.25, -0.2) is 0 Å². The van der Waals surface area contributed by atoms with Crippen LogP contribution in [0, 0.1) is 12.3 Å². The van der Waals surface area contributed by atoms with Crippen molar-refractivity contribution in [1.29, 1.82) is 0 Å². The van der Waals surface area contributed by atoms with Crippen molar-refractivity contribution in [1.82, 2.24) is 5.32 Å². The second-order valence-electron chi connectivity index (χ2n) is 5.76. The van der Waals surface area contributed by atoms with E-state index >= 15 is 0 Å². The van der Waals surface area contributed by atoms with Crippen molar-refractivity contribution >= 4 is 0 Å². The third-order valence-corrected chi connectivity index (χ3v) is 4.65. The summed E-state index contributed by atoms with van der Waals surface area (Å²) in [5, 5.41) is 3.37. The van der Waals surface area contributed by atoms with Gasteiger partial charge in [0.15, 0.2) is 0 Å². The van der Waals surface area contributed by atoms with Gasteiger partial charge in [0.05, 0.1) is 13.2 Å². The van der Waals surface area contributed by atoms with Crippen LogP contribution in [0.15, 0.2) is 24.3 Å². The molecule has 17 heavy (non-hydrogen) atoms. The topological polar surface area (TPSA) is 21.3 Å². The van der Waals surface area contributed by atoms with Crippen molar-refractivity contribution in [2.45, 2.75) is 25.2 Å². The van der Waals surface area contributed by atoms with Gasteiger partial charge in [-0.2, -0.15) is 0 Å². The number of aryl methyl sites for hydroxylation is 1. The Morgan fingerprint density at radius 2 is 2.06 bits per heavy atom. The molecule has 1 aromatic carbocycles. The van der Waals surface area contributed by atoms with Gasteiger partial charge in [0.1, 0.15) is 0 Å². The maximum Gasteiger partial charge on any atom is 0.0591 e. The normalized spacial score (nSPS) is 24.1. The Kier molecular flexibility index (Phi) is 2.53. The predicted molar refractivity (Wildman–Crippen MR) is 69.3 cm³/mol. The van der Waals surface area contributed by atoms with Gasteiger partial charge in [0.2, 0.25) is 0 Å². The van der Waals surface area contributed by atoms with E-state index in [1.807, 2.05) is 0 Å². The summed E-state index contributed by atoms with van der Waals surface area (Å²) >= 11 is 0. The highest BCUT2D eigenvalue weighted by Crippen LogP contribution is 2.62. The summed E-state index contributed by atoms with van der Waals surface area (Å²) in [6.07, 6.45) is 2.68. The Morgan fingerprint density at radius 3 is 2.53 bits per heavy atom. The van der Waals surface area contributed by atoms with Crippen molar-refractivity contribution in [3.8, 4) is 0 Å². The lowest BCUT2D eigenvalue weighted by Gasteiger charge is -2.48. The Morgan fingerprint density at radius 1 is 1.29 bits per heavy atom. The SMILES string of the molecule is CNCC1(C2(c3cccc(C)c3)COC2)CC1. The molecule has 0 bridgehead atoms. The van der Waals surface area contributed by atoms with Gasteiger partial charge in [0, 0.05) is 12.0 Å². The van der Waals surface area contributed by atoms with E-state index in [0.717, 1.165) is 19.8 Å². The molecule has 2 heteroatoms. The van der Waals surface area contributed by atoms with Crippen LogP contribution in [0.25, 0.3) is 0 Å². The van der Waals surface area contributed by atoms with Gasteiger partial charge < -0.3 is 10.1 Å². The first-order valence-corrected chi connectivity index (χ1v) is 6.52. The van der Waals surface area contributed by atoms with Crippen LogP contribution in [-0.4, -0.2) is 26.8 Å². The van der Waals surface area contributed by atoms with E-state index in [1.165, 1.54) is 24.0 Å². The van der Waals surface area contributed by atoms with Crippen molar-refractivity contribution in [3.05, 3.63) is 35.4 Å². The van der Waals surface area contributed by atoms with Gasteiger partial charge in [-0.05, 0) is 37.8 Å². The molecule has 1 saturated heterocycles. The summed E-state index contributed by atoms with van der Waals surface area (Å²) in [4.78, 5) is 0. The Labute approximate surface area is 103 Å². The highest BCUT2D eigenvalue weighted by molar-refractivity contribution is 5.37. The summed E-state index contributed by atoms with van der Waals surface area (Å²) in [6.45, 7) is 5.09. The zero-order chi connectivity index (χ0) is 11.9. The molecular weight excluding hydrogens is 210 g/mol. The zero-order valence-electron chi connectivity index (χ0n) is 10.8. The first-order chi connectivity index (χ1) is 8.22. The minimum atomic E-state index is 0.280. The second kappa shape index (κ2) is 3.82. The van der Waals surface area contributed by atoms with E-state index < -0.39 is 0 Å². The second-order valence-corrected chi connectivity index (χ2v) is 5.76. The van der Waals surface area contributed by atoms with Crippen LogP contribution in [0.4, 0.5) is 0 Å². The van der Waals surface area contributed by atoms with E-state index in [-0.39, 0.29) is 5.41 Å². The number of ether oxygens (including phenoxy) is 1. The minimum Gasteiger partial charge on any atom is -0.379 e. The van der Waals surface area contributed by atoms with Crippen molar-refractivity contribution in [3.63, 3.8) is 0 Å². The lowest BCUT2D eigenvalue weighted by atomic mass is 9.66. The first kappa shape index (κ1) is 11.2. The van der Waals surface area contributed by atoms with E-state index in [9.17, 15) is 0 Å². The number of hydrogen-bond donors (Lipinski definition) is 1. The molecule has 1 N–H and O–H groups in total. The summed E-state index contributed by atoms with van der Waals surface area (Å²) in [6, 6.07) is 8.98. The molecule has 1 aromatic rings. The molecule has 2 aliphatic rings. The van der Waals surface area contributed by atoms with E-state index in [1.54, 1.807) is 0 Å². The third-order valence-electron chi connectivity index (χ3n) is 4.65. The number of nitrogens with one attached hydrogen (secondary N) is 1. The van der Waals surface area contributed by atoms with Gasteiger partial charge in [-0.1, -0.05) is 29.8 Å². The average molecular weight is 231 g/mol. The molecule has 0 spiro atoms. The number of hydrogen-bond acceptors (Lipinski definition) is 2. The lowest BCUT2D eigenvalue weighted by molar-refractivity contribution is -0.0986. The molecule has 2 fully saturated rings. The van der Waals surface area contributed by atoms with Crippen LogP contribution >= 0.6 is 0 Å². The lowest BCUT2D eigenvalue weighted by Crippen LogP contribution is -2.56. The van der Waals surface area contributed by atoms with Crippen molar-refractivity contribution in [2.24, 2.45) is 5.41 Å². The summed E-state index contributed by atoms with van der Waals surface area (Å²) < 4.78 is 5.58. The van der Waals surface area contributed by atoms with E-state index in [0.29, 0.717) is 5.41 Å². The van der Waals surface area contributed by atoms with Crippen molar-refractivity contribution in [2.75, 3.05) is 26.8 Å². The molecule has 0 atom stereocenters. The fraction of sp³-hybridized carbons (Fsp3) is 0.600. The average Bonchev–Trinajstić information content (AvgIpc) is 2.98. The third kappa shape index (κ3) is 1.54. The quantitative estimate of drug-likeness (QED) is 0.858. The largest absolute Gasteiger partial charge is 0.379 e. The minimum absolute atomic E-state index is 0.280. The summed E-state index contributed by atoms with van der Waals surface area (Å²) in [7, 11) is 2.06. The standard InChI is InChI=1S/C15H21NO/c1-12-4-3-5-13(8-12)15(10-17-11-15)14(6-7-14)9-16-2/h3-5,8,16H,6-7,9-11H2,1-2H3. The highest BCUT2D eigenvalue weighted by Gasteiger charge is 2.62. The van der Waals surface area contributed by atoms with Crippen LogP contribution < -0.4 is 5.32 Å². The highest BCUT2D eigenvalue weighted by atomic mass is 16.5. The fourth-order valence-electron chi connectivity index (χ4n) is 3.34. The molecule has 1 saturated carbocycles. The molecular formula is C15H21NO. The maximum absolute atomic E-state index is 5.58. The summed E-state index contributed by atoms with van der Waals surface area (Å²) in [5.41, 5.74) is 3.57. The zero-order valence-corrected chi connectivity index (χ0v) is 10.8. The van der Waals surface area contributed by atoms with Crippen molar-refractivity contribution < 1.29 is 4.74 Å². The van der Waals surface area contributed by atoms with Crippen LogP contribution in [-0.2, 0) is 10.2 Å². The maximum atomic E-state index is 5.58.